The molecule has 6 rings (SSSR count). The summed E-state index contributed by atoms with van der Waals surface area (Å²) >= 11 is 6.46. The van der Waals surface area contributed by atoms with Crippen LogP contribution in [0.3, 0.4) is 0 Å². The zero-order valence-electron chi connectivity index (χ0n) is 18.1. The van der Waals surface area contributed by atoms with Crippen LogP contribution in [0.2, 0.25) is 5.02 Å². The maximum absolute atomic E-state index is 14.6. The van der Waals surface area contributed by atoms with Crippen LogP contribution in [-0.4, -0.2) is 44.8 Å². The highest BCUT2D eigenvalue weighted by molar-refractivity contribution is 6.34. The van der Waals surface area contributed by atoms with Crippen molar-refractivity contribution in [1.29, 1.82) is 0 Å². The first-order chi connectivity index (χ1) is 16.0. The van der Waals surface area contributed by atoms with E-state index in [0.29, 0.717) is 34.6 Å². The third-order valence-corrected chi connectivity index (χ3v) is 7.93. The number of nitrogens with zero attached hydrogens (tertiary/aromatic N) is 5. The molecule has 2 fully saturated rings. The summed E-state index contributed by atoms with van der Waals surface area (Å²) < 4.78 is 14.6. The number of hydrogen-bond acceptors (Lipinski definition) is 6. The van der Waals surface area contributed by atoms with Crippen molar-refractivity contribution in [3.8, 4) is 11.3 Å². The van der Waals surface area contributed by atoms with Gasteiger partial charge in [0.1, 0.15) is 17.2 Å². The van der Waals surface area contributed by atoms with Gasteiger partial charge in [-0.25, -0.2) is 14.4 Å². The summed E-state index contributed by atoms with van der Waals surface area (Å²) in [5.74, 6) is 1.28. The number of benzene rings is 1. The van der Waals surface area contributed by atoms with Crippen LogP contribution in [0.25, 0.3) is 22.4 Å². The fourth-order valence-corrected chi connectivity index (χ4v) is 5.91. The molecule has 3 aromatic heterocycles. The maximum atomic E-state index is 14.6. The van der Waals surface area contributed by atoms with E-state index in [9.17, 15) is 4.39 Å². The zero-order chi connectivity index (χ0) is 22.7. The van der Waals surface area contributed by atoms with E-state index in [1.54, 1.807) is 18.5 Å². The first-order valence-corrected chi connectivity index (χ1v) is 11.4. The predicted molar refractivity (Wildman–Crippen MR) is 126 cm³/mol. The maximum Gasteiger partial charge on any atom is 0.202 e. The average Bonchev–Trinajstić information content (AvgIpc) is 3.30. The number of rotatable bonds is 4. The minimum Gasteiger partial charge on any atom is -0.355 e. The molecule has 4 heterocycles. The third kappa shape index (κ3) is 2.97. The van der Waals surface area contributed by atoms with E-state index in [1.165, 1.54) is 6.07 Å². The summed E-state index contributed by atoms with van der Waals surface area (Å²) in [7, 11) is 0. The van der Waals surface area contributed by atoms with Crippen LogP contribution >= 0.6 is 11.6 Å². The molecular weight excluding hydrogens is 441 g/mol. The third-order valence-electron chi connectivity index (χ3n) is 7.45. The number of fused-ring (bicyclic) bond motifs is 2. The van der Waals surface area contributed by atoms with Gasteiger partial charge in [0, 0.05) is 36.8 Å². The number of H-pyrrole nitrogens is 1. The summed E-state index contributed by atoms with van der Waals surface area (Å²) in [4.78, 5) is 15.9. The molecule has 33 heavy (non-hydrogen) atoms. The molecule has 0 bridgehead atoms. The largest absolute Gasteiger partial charge is 0.355 e. The van der Waals surface area contributed by atoms with Gasteiger partial charge in [-0.05, 0) is 42.9 Å². The standard InChI is InChI=1S/C24H23ClFN7/c1-13-20(25)14(6-8-28-13)21-22-23(32-31-21)30-19(10-29-22)33-9-7-15-17(11-33)24(15,12-27)16-4-2-3-5-18(16)26/h2-6,8,10,15,17H,7,9,11-12,27H2,1H3,(H,30,31,32)/t15-,17+,24-/m1/s1. The number of aryl methyl sites for hydroxylation is 1. The van der Waals surface area contributed by atoms with Crippen LogP contribution < -0.4 is 10.6 Å². The summed E-state index contributed by atoms with van der Waals surface area (Å²) in [6, 6.07) is 8.87. The normalized spacial score (nSPS) is 24.2. The molecule has 1 saturated heterocycles. The molecule has 0 amide bonds. The van der Waals surface area contributed by atoms with Crippen LogP contribution in [0.15, 0.2) is 42.7 Å². The first kappa shape index (κ1) is 20.5. The van der Waals surface area contributed by atoms with Gasteiger partial charge in [-0.2, -0.15) is 5.10 Å². The molecule has 3 atom stereocenters. The number of nitrogens with one attached hydrogen (secondary N) is 1. The van der Waals surface area contributed by atoms with Crippen LogP contribution in [0, 0.1) is 24.6 Å². The number of hydrogen-bond donors (Lipinski definition) is 2. The molecule has 1 aromatic carbocycles. The molecule has 168 valence electrons. The molecule has 0 unspecified atom stereocenters. The number of aromatic amines is 1. The van der Waals surface area contributed by atoms with Crippen molar-refractivity contribution in [2.75, 3.05) is 24.5 Å². The predicted octanol–water partition coefficient (Wildman–Crippen LogP) is 3.87. The molecule has 3 N–H and O–H groups in total. The molecule has 0 radical (unpaired) electrons. The molecule has 7 nitrogen and oxygen atoms in total. The second-order valence-corrected chi connectivity index (χ2v) is 9.31. The summed E-state index contributed by atoms with van der Waals surface area (Å²) in [5.41, 5.74) is 10.1. The van der Waals surface area contributed by atoms with Crippen molar-refractivity contribution in [2.45, 2.75) is 18.8 Å². The monoisotopic (exact) mass is 463 g/mol. The van der Waals surface area contributed by atoms with Crippen molar-refractivity contribution < 1.29 is 4.39 Å². The average molecular weight is 464 g/mol. The summed E-state index contributed by atoms with van der Waals surface area (Å²) in [6.07, 6.45) is 4.43. The minimum absolute atomic E-state index is 0.167. The zero-order valence-corrected chi connectivity index (χ0v) is 18.8. The Morgan fingerprint density at radius 1 is 1.24 bits per heavy atom. The van der Waals surface area contributed by atoms with Crippen molar-refractivity contribution >= 4 is 28.6 Å². The van der Waals surface area contributed by atoms with Crippen molar-refractivity contribution in [3.05, 3.63) is 64.8 Å². The van der Waals surface area contributed by atoms with Crippen LogP contribution in [-0.2, 0) is 5.41 Å². The lowest BCUT2D eigenvalue weighted by molar-refractivity contribution is 0.533. The van der Waals surface area contributed by atoms with Crippen LogP contribution in [0.1, 0.15) is 17.7 Å². The number of aromatic nitrogens is 5. The molecule has 1 aliphatic heterocycles. The molecule has 2 aliphatic rings. The van der Waals surface area contributed by atoms with E-state index in [4.69, 9.17) is 22.3 Å². The molecule has 4 aromatic rings. The number of piperidine rings is 1. The van der Waals surface area contributed by atoms with Gasteiger partial charge in [-0.15, -0.1) is 0 Å². The van der Waals surface area contributed by atoms with Gasteiger partial charge in [0.2, 0.25) is 5.65 Å². The topological polar surface area (TPSA) is 96.6 Å². The smallest absolute Gasteiger partial charge is 0.202 e. The van der Waals surface area contributed by atoms with Gasteiger partial charge in [-0.3, -0.25) is 10.1 Å². The Labute approximate surface area is 195 Å². The van der Waals surface area contributed by atoms with E-state index < -0.39 is 0 Å². The van der Waals surface area contributed by atoms with E-state index in [1.807, 2.05) is 25.1 Å². The lowest BCUT2D eigenvalue weighted by Crippen LogP contribution is -2.32. The van der Waals surface area contributed by atoms with Gasteiger partial charge in [0.15, 0.2) is 0 Å². The minimum atomic E-state index is -0.299. The Morgan fingerprint density at radius 3 is 2.91 bits per heavy atom. The first-order valence-electron chi connectivity index (χ1n) is 11.1. The van der Waals surface area contributed by atoms with Gasteiger partial charge < -0.3 is 10.6 Å². The molecule has 9 heteroatoms. The molecular formula is C24H23ClFN7. The van der Waals surface area contributed by atoms with E-state index >= 15 is 0 Å². The van der Waals surface area contributed by atoms with Crippen molar-refractivity contribution in [3.63, 3.8) is 0 Å². The van der Waals surface area contributed by atoms with Gasteiger partial charge in [-0.1, -0.05) is 29.8 Å². The highest BCUT2D eigenvalue weighted by Gasteiger charge is 2.66. The Hall–Kier alpha value is -3.10. The van der Waals surface area contributed by atoms with Gasteiger partial charge in [0.05, 0.1) is 22.6 Å². The van der Waals surface area contributed by atoms with Gasteiger partial charge >= 0.3 is 0 Å². The SMILES string of the molecule is Cc1nccc(-c2[nH]nc3nc(N4CC[C@@H]5[C@H](C4)[C@@]5(CN)c4ccccc4F)cnc23)c1Cl. The van der Waals surface area contributed by atoms with Crippen LogP contribution in [0.4, 0.5) is 10.2 Å². The molecule has 1 saturated carbocycles. The van der Waals surface area contributed by atoms with Gasteiger partial charge in [0.25, 0.3) is 0 Å². The van der Waals surface area contributed by atoms with E-state index in [-0.39, 0.29) is 11.2 Å². The van der Waals surface area contributed by atoms with Crippen LogP contribution in [0.5, 0.6) is 0 Å². The number of anilines is 1. The highest BCUT2D eigenvalue weighted by Crippen LogP contribution is 2.63. The second kappa shape index (κ2) is 7.46. The highest BCUT2D eigenvalue weighted by atomic mass is 35.5. The molecule has 1 aliphatic carbocycles. The Kier molecular flexibility index (Phi) is 4.64. The fraction of sp³-hybridized carbons (Fsp3) is 0.333. The van der Waals surface area contributed by atoms with Crippen molar-refractivity contribution in [2.24, 2.45) is 17.6 Å². The Bertz CT molecular complexity index is 1370. The summed E-state index contributed by atoms with van der Waals surface area (Å²) in [6.45, 7) is 3.89. The quantitative estimate of drug-likeness (QED) is 0.477. The lowest BCUT2D eigenvalue weighted by atomic mass is 9.91. The Morgan fingerprint density at radius 2 is 2.09 bits per heavy atom. The lowest BCUT2D eigenvalue weighted by Gasteiger charge is -2.26. The Balaban J connectivity index is 1.30. The van der Waals surface area contributed by atoms with E-state index in [0.717, 1.165) is 47.8 Å². The molecule has 0 spiro atoms. The number of halogens is 2. The number of pyridine rings is 1. The summed E-state index contributed by atoms with van der Waals surface area (Å²) in [5, 5.41) is 7.98. The number of nitrogens with two attached hydrogens (primary N) is 1. The van der Waals surface area contributed by atoms with E-state index in [2.05, 4.69) is 25.1 Å². The fourth-order valence-electron chi connectivity index (χ4n) is 5.70. The second-order valence-electron chi connectivity index (χ2n) is 8.93. The van der Waals surface area contributed by atoms with Crippen molar-refractivity contribution in [1.82, 2.24) is 25.1 Å².